The van der Waals surface area contributed by atoms with E-state index in [9.17, 15) is 18.0 Å². The van der Waals surface area contributed by atoms with E-state index in [0.717, 1.165) is 0 Å². The summed E-state index contributed by atoms with van der Waals surface area (Å²) in [5, 5.41) is 0. The van der Waals surface area contributed by atoms with Crippen molar-refractivity contribution in [3.63, 3.8) is 0 Å². The minimum Gasteiger partial charge on any atom is -0.463 e. The van der Waals surface area contributed by atoms with E-state index in [1.807, 2.05) is 0 Å². The maximum atomic E-state index is 11.4. The Labute approximate surface area is 61.6 Å². The van der Waals surface area contributed by atoms with Crippen LogP contribution < -0.4 is 0 Å². The number of carbonyl (C=O) groups excluding carboxylic acids is 1. The standard InChI is InChI=1S/C6H7F3O2/c1-2-11-5(10)3-4-6(7,8)9/h3-4H,2H2,1H3/b4-3-. The second-order valence-corrected chi connectivity index (χ2v) is 1.63. The fraction of sp³-hybridized carbons (Fsp3) is 0.500. The molecule has 2 nitrogen and oxygen atoms in total. The molecule has 0 aromatic heterocycles. The van der Waals surface area contributed by atoms with Crippen LogP contribution in [0.25, 0.3) is 0 Å². The average molecular weight is 168 g/mol. The predicted octanol–water partition coefficient (Wildman–Crippen LogP) is 1.67. The molecule has 0 atom stereocenters. The lowest BCUT2D eigenvalue weighted by Crippen LogP contribution is -2.05. The molecule has 0 N–H and O–H groups in total. The largest absolute Gasteiger partial charge is 0.463 e. The van der Waals surface area contributed by atoms with Crippen LogP contribution in [0, 0.1) is 0 Å². The third kappa shape index (κ3) is 6.89. The van der Waals surface area contributed by atoms with Crippen LogP contribution in [0.15, 0.2) is 12.2 Å². The first-order chi connectivity index (χ1) is 4.95. The van der Waals surface area contributed by atoms with Crippen LogP contribution in [0.2, 0.25) is 0 Å². The van der Waals surface area contributed by atoms with Crippen molar-refractivity contribution in [2.45, 2.75) is 13.1 Å². The van der Waals surface area contributed by atoms with E-state index in [1.54, 1.807) is 0 Å². The van der Waals surface area contributed by atoms with Gasteiger partial charge in [0.25, 0.3) is 0 Å². The topological polar surface area (TPSA) is 26.3 Å². The fourth-order valence-corrected chi connectivity index (χ4v) is 0.353. The molecule has 0 fully saturated rings. The minimum absolute atomic E-state index is 0.0705. The first-order valence-corrected chi connectivity index (χ1v) is 2.88. The molecule has 0 unspecified atom stereocenters. The molecule has 0 saturated heterocycles. The molecule has 0 aliphatic carbocycles. The number of carbonyl (C=O) groups is 1. The van der Waals surface area contributed by atoms with Crippen molar-refractivity contribution in [3.05, 3.63) is 12.2 Å². The minimum atomic E-state index is -4.45. The van der Waals surface area contributed by atoms with Crippen LogP contribution in [0.1, 0.15) is 6.92 Å². The highest BCUT2D eigenvalue weighted by Gasteiger charge is 2.22. The third-order valence-corrected chi connectivity index (χ3v) is 0.695. The Balaban J connectivity index is 3.83. The van der Waals surface area contributed by atoms with Gasteiger partial charge in [0.2, 0.25) is 0 Å². The van der Waals surface area contributed by atoms with Gasteiger partial charge in [-0.05, 0) is 6.92 Å². The summed E-state index contributed by atoms with van der Waals surface area (Å²) in [5.41, 5.74) is 0. The average Bonchev–Trinajstić information content (AvgIpc) is 1.83. The quantitative estimate of drug-likeness (QED) is 0.463. The normalized spacial score (nSPS) is 12.0. The highest BCUT2D eigenvalue weighted by atomic mass is 19.4. The van der Waals surface area contributed by atoms with Gasteiger partial charge in [0.15, 0.2) is 0 Å². The molecule has 0 heterocycles. The molecule has 0 radical (unpaired) electrons. The van der Waals surface area contributed by atoms with Crippen LogP contribution in [0.3, 0.4) is 0 Å². The molecule has 0 aromatic rings. The lowest BCUT2D eigenvalue weighted by molar-refractivity contribution is -0.137. The number of esters is 1. The summed E-state index contributed by atoms with van der Waals surface area (Å²) < 4.78 is 38.3. The van der Waals surface area contributed by atoms with Crippen LogP contribution in [-0.2, 0) is 9.53 Å². The number of allylic oxidation sites excluding steroid dienone is 1. The molecule has 0 rings (SSSR count). The summed E-state index contributed by atoms with van der Waals surface area (Å²) >= 11 is 0. The Morgan fingerprint density at radius 1 is 1.55 bits per heavy atom. The number of hydrogen-bond donors (Lipinski definition) is 0. The van der Waals surface area contributed by atoms with E-state index in [-0.39, 0.29) is 12.7 Å². The van der Waals surface area contributed by atoms with Gasteiger partial charge in [0.1, 0.15) is 0 Å². The molecule has 64 valence electrons. The van der Waals surface area contributed by atoms with Crippen molar-refractivity contribution in [3.8, 4) is 0 Å². The van der Waals surface area contributed by atoms with Crippen molar-refractivity contribution in [2.24, 2.45) is 0 Å². The van der Waals surface area contributed by atoms with Gasteiger partial charge in [-0.1, -0.05) is 0 Å². The van der Waals surface area contributed by atoms with E-state index < -0.39 is 12.1 Å². The van der Waals surface area contributed by atoms with Gasteiger partial charge in [-0.15, -0.1) is 0 Å². The first-order valence-electron chi connectivity index (χ1n) is 2.88. The monoisotopic (exact) mass is 168 g/mol. The zero-order valence-corrected chi connectivity index (χ0v) is 5.81. The van der Waals surface area contributed by atoms with Crippen LogP contribution in [0.4, 0.5) is 13.2 Å². The van der Waals surface area contributed by atoms with Crippen molar-refractivity contribution in [2.75, 3.05) is 6.61 Å². The summed E-state index contributed by atoms with van der Waals surface area (Å²) in [6, 6.07) is 0. The predicted molar refractivity (Wildman–Crippen MR) is 31.8 cm³/mol. The number of alkyl halides is 3. The summed E-state index contributed by atoms with van der Waals surface area (Å²) in [6.07, 6.45) is -4.26. The fourth-order valence-electron chi connectivity index (χ4n) is 0.353. The van der Waals surface area contributed by atoms with E-state index in [4.69, 9.17) is 0 Å². The molecule has 0 aliphatic heterocycles. The highest BCUT2D eigenvalue weighted by molar-refractivity contribution is 5.81. The Bertz CT molecular complexity index is 160. The molecule has 0 amide bonds. The summed E-state index contributed by atoms with van der Waals surface area (Å²) in [4.78, 5) is 10.3. The molecule has 11 heavy (non-hydrogen) atoms. The van der Waals surface area contributed by atoms with E-state index >= 15 is 0 Å². The van der Waals surface area contributed by atoms with Gasteiger partial charge in [0, 0.05) is 12.2 Å². The second kappa shape index (κ2) is 4.00. The van der Waals surface area contributed by atoms with Crippen LogP contribution in [-0.4, -0.2) is 18.8 Å². The van der Waals surface area contributed by atoms with E-state index in [1.165, 1.54) is 6.92 Å². The summed E-state index contributed by atoms with van der Waals surface area (Å²) in [7, 11) is 0. The van der Waals surface area contributed by atoms with Gasteiger partial charge in [-0.25, -0.2) is 4.79 Å². The Kier molecular flexibility index (Phi) is 3.64. The van der Waals surface area contributed by atoms with Crippen molar-refractivity contribution < 1.29 is 22.7 Å². The van der Waals surface area contributed by atoms with Gasteiger partial charge in [-0.2, -0.15) is 13.2 Å². The van der Waals surface area contributed by atoms with Crippen molar-refractivity contribution >= 4 is 5.97 Å². The zero-order valence-electron chi connectivity index (χ0n) is 5.81. The van der Waals surface area contributed by atoms with Crippen LogP contribution in [0.5, 0.6) is 0 Å². The third-order valence-electron chi connectivity index (χ3n) is 0.695. The number of rotatable bonds is 2. The van der Waals surface area contributed by atoms with E-state index in [2.05, 4.69) is 4.74 Å². The lowest BCUT2D eigenvalue weighted by Gasteiger charge is -1.97. The first kappa shape index (κ1) is 10.0. The molecular weight excluding hydrogens is 161 g/mol. The smallest absolute Gasteiger partial charge is 0.410 e. The maximum Gasteiger partial charge on any atom is 0.410 e. The molecule has 0 bridgehead atoms. The second-order valence-electron chi connectivity index (χ2n) is 1.63. The lowest BCUT2D eigenvalue weighted by atomic mass is 10.5. The van der Waals surface area contributed by atoms with E-state index in [0.29, 0.717) is 6.08 Å². The molecule has 5 heteroatoms. The van der Waals surface area contributed by atoms with Gasteiger partial charge < -0.3 is 4.74 Å². The molecule has 0 aliphatic rings. The van der Waals surface area contributed by atoms with Gasteiger partial charge in [-0.3, -0.25) is 0 Å². The summed E-state index contributed by atoms with van der Waals surface area (Å²) in [6.45, 7) is 1.58. The SMILES string of the molecule is CCOC(=O)/C=C\C(F)(F)F. The molecule has 0 saturated carbocycles. The summed E-state index contributed by atoms with van der Waals surface area (Å²) in [5.74, 6) is -0.982. The molecule has 0 aromatic carbocycles. The zero-order chi connectivity index (χ0) is 8.91. The molecule has 0 spiro atoms. The number of hydrogen-bond acceptors (Lipinski definition) is 2. The molecular formula is C6H7F3O2. The van der Waals surface area contributed by atoms with Gasteiger partial charge >= 0.3 is 12.1 Å². The number of ether oxygens (including phenoxy) is 1. The Morgan fingerprint density at radius 3 is 2.45 bits per heavy atom. The Morgan fingerprint density at radius 2 is 2.09 bits per heavy atom. The van der Waals surface area contributed by atoms with Crippen molar-refractivity contribution in [1.82, 2.24) is 0 Å². The van der Waals surface area contributed by atoms with Crippen molar-refractivity contribution in [1.29, 1.82) is 0 Å². The van der Waals surface area contributed by atoms with Gasteiger partial charge in [0.05, 0.1) is 6.61 Å². The Hall–Kier alpha value is -1.00. The highest BCUT2D eigenvalue weighted by Crippen LogP contribution is 2.15. The van der Waals surface area contributed by atoms with Crippen LogP contribution >= 0.6 is 0 Å². The maximum absolute atomic E-state index is 11.4. The number of halogens is 3.